The van der Waals surface area contributed by atoms with Gasteiger partial charge in [-0.15, -0.1) is 0 Å². The lowest BCUT2D eigenvalue weighted by molar-refractivity contribution is 0.463. The summed E-state index contributed by atoms with van der Waals surface area (Å²) in [5.41, 5.74) is 0.942. The minimum atomic E-state index is -0.881. The predicted octanol–water partition coefficient (Wildman–Crippen LogP) is 4.76. The van der Waals surface area contributed by atoms with E-state index in [4.69, 9.17) is 0 Å². The fraction of sp³-hybridized carbons (Fsp3) is 0.250. The lowest BCUT2D eigenvalue weighted by Crippen LogP contribution is -2.24. The van der Waals surface area contributed by atoms with Crippen LogP contribution < -0.4 is 5.32 Å². The largest absolute Gasteiger partial charge is 0.310 e. The summed E-state index contributed by atoms with van der Waals surface area (Å²) in [6, 6.07) is 8.37. The molecule has 0 fully saturated rings. The minimum absolute atomic E-state index is 0.244. The van der Waals surface area contributed by atoms with Gasteiger partial charge in [0.05, 0.1) is 4.47 Å². The maximum absolute atomic E-state index is 14.0. The molecule has 0 amide bonds. The van der Waals surface area contributed by atoms with Gasteiger partial charge in [-0.2, -0.15) is 0 Å². The molecule has 0 saturated carbocycles. The molecule has 0 saturated heterocycles. The number of halogens is 4. The van der Waals surface area contributed by atoms with Crippen LogP contribution in [-0.4, -0.2) is 6.54 Å². The van der Waals surface area contributed by atoms with Crippen LogP contribution in [0.3, 0.4) is 0 Å². The van der Waals surface area contributed by atoms with Crippen LogP contribution in [0.4, 0.5) is 13.2 Å². The molecule has 1 nitrogen and oxygen atoms in total. The molecular weight excluding hydrogens is 343 g/mol. The van der Waals surface area contributed by atoms with E-state index in [1.54, 1.807) is 18.2 Å². The number of benzene rings is 2. The molecule has 2 aromatic rings. The van der Waals surface area contributed by atoms with Crippen LogP contribution in [0.25, 0.3) is 0 Å². The second-order valence-corrected chi connectivity index (χ2v) is 5.46. The molecule has 1 atom stereocenters. The first kappa shape index (κ1) is 16.0. The maximum Gasteiger partial charge on any atom is 0.163 e. The van der Waals surface area contributed by atoms with Crippen LogP contribution in [-0.2, 0) is 6.42 Å². The van der Waals surface area contributed by atoms with E-state index in [1.165, 1.54) is 12.1 Å². The van der Waals surface area contributed by atoms with E-state index in [2.05, 4.69) is 21.2 Å². The normalized spacial score (nSPS) is 12.4. The summed E-state index contributed by atoms with van der Waals surface area (Å²) in [4.78, 5) is 0. The Bertz CT molecular complexity index is 631. The van der Waals surface area contributed by atoms with Gasteiger partial charge >= 0.3 is 0 Å². The first-order chi connectivity index (χ1) is 10.0. The number of nitrogens with one attached hydrogen (secondary N) is 1. The molecule has 0 radical (unpaired) electrons. The van der Waals surface area contributed by atoms with Gasteiger partial charge in [0.15, 0.2) is 11.6 Å². The Morgan fingerprint density at radius 2 is 1.71 bits per heavy atom. The molecule has 1 unspecified atom stereocenters. The first-order valence-corrected chi connectivity index (χ1v) is 7.44. The number of likely N-dealkylation sites (N-methyl/N-ethyl adjacent to an activating group) is 1. The van der Waals surface area contributed by atoms with Gasteiger partial charge in [0, 0.05) is 11.6 Å². The molecular formula is C16H15BrF3N. The summed E-state index contributed by atoms with van der Waals surface area (Å²) in [6.07, 6.45) is 0.354. The zero-order chi connectivity index (χ0) is 15.4. The molecule has 112 valence electrons. The van der Waals surface area contributed by atoms with Crippen LogP contribution in [0.15, 0.2) is 40.9 Å². The summed E-state index contributed by atoms with van der Waals surface area (Å²) >= 11 is 3.19. The van der Waals surface area contributed by atoms with E-state index in [0.29, 0.717) is 23.0 Å². The highest BCUT2D eigenvalue weighted by molar-refractivity contribution is 9.10. The highest BCUT2D eigenvalue weighted by Gasteiger charge is 2.19. The third kappa shape index (κ3) is 3.66. The fourth-order valence-electron chi connectivity index (χ4n) is 2.25. The van der Waals surface area contributed by atoms with Crippen molar-refractivity contribution in [2.75, 3.05) is 6.54 Å². The van der Waals surface area contributed by atoms with E-state index >= 15 is 0 Å². The van der Waals surface area contributed by atoms with Crippen molar-refractivity contribution in [3.63, 3.8) is 0 Å². The maximum atomic E-state index is 14.0. The van der Waals surface area contributed by atoms with Gasteiger partial charge in [-0.25, -0.2) is 13.2 Å². The lowest BCUT2D eigenvalue weighted by atomic mass is 9.98. The number of rotatable bonds is 5. The monoisotopic (exact) mass is 357 g/mol. The summed E-state index contributed by atoms with van der Waals surface area (Å²) in [5, 5.41) is 3.11. The number of hydrogen-bond acceptors (Lipinski definition) is 1. The summed E-state index contributed by atoms with van der Waals surface area (Å²) in [5.74, 6) is -2.12. The Hall–Kier alpha value is -1.33. The van der Waals surface area contributed by atoms with Crippen LogP contribution in [0.2, 0.25) is 0 Å². The highest BCUT2D eigenvalue weighted by atomic mass is 79.9. The SMILES string of the molecule is CCNC(Cc1cccc(F)c1Br)c1cccc(F)c1F. The molecule has 2 aromatic carbocycles. The van der Waals surface area contributed by atoms with Crippen molar-refractivity contribution < 1.29 is 13.2 Å². The Morgan fingerprint density at radius 1 is 1.05 bits per heavy atom. The van der Waals surface area contributed by atoms with E-state index in [-0.39, 0.29) is 11.4 Å². The van der Waals surface area contributed by atoms with Crippen molar-refractivity contribution >= 4 is 15.9 Å². The first-order valence-electron chi connectivity index (χ1n) is 6.64. The average Bonchev–Trinajstić information content (AvgIpc) is 2.46. The molecule has 1 N–H and O–H groups in total. The Kier molecular flexibility index (Phi) is 5.42. The van der Waals surface area contributed by atoms with Crippen molar-refractivity contribution in [3.05, 3.63) is 69.4 Å². The van der Waals surface area contributed by atoms with Crippen molar-refractivity contribution in [1.82, 2.24) is 5.32 Å². The molecule has 21 heavy (non-hydrogen) atoms. The van der Waals surface area contributed by atoms with Crippen LogP contribution in [0, 0.1) is 17.5 Å². The third-order valence-electron chi connectivity index (χ3n) is 3.26. The molecule has 0 heterocycles. The Morgan fingerprint density at radius 3 is 2.43 bits per heavy atom. The topological polar surface area (TPSA) is 12.0 Å². The summed E-state index contributed by atoms with van der Waals surface area (Å²) < 4.78 is 41.3. The zero-order valence-corrected chi connectivity index (χ0v) is 13.1. The average molecular weight is 358 g/mol. The second-order valence-electron chi connectivity index (χ2n) is 4.67. The smallest absolute Gasteiger partial charge is 0.163 e. The van der Waals surface area contributed by atoms with Crippen LogP contribution >= 0.6 is 15.9 Å². The van der Waals surface area contributed by atoms with E-state index in [0.717, 1.165) is 6.07 Å². The molecule has 0 aliphatic rings. The predicted molar refractivity (Wildman–Crippen MR) is 80.6 cm³/mol. The van der Waals surface area contributed by atoms with Crippen LogP contribution in [0.5, 0.6) is 0 Å². The van der Waals surface area contributed by atoms with Gasteiger partial charge in [0.25, 0.3) is 0 Å². The zero-order valence-electron chi connectivity index (χ0n) is 11.5. The quantitative estimate of drug-likeness (QED) is 0.813. The van der Waals surface area contributed by atoms with Gasteiger partial charge in [0.2, 0.25) is 0 Å². The standard InChI is InChI=1S/C16H15BrF3N/c1-2-21-14(11-6-4-8-13(19)16(11)20)9-10-5-3-7-12(18)15(10)17/h3-8,14,21H,2,9H2,1H3. The van der Waals surface area contributed by atoms with Crippen molar-refractivity contribution in [2.24, 2.45) is 0 Å². The van der Waals surface area contributed by atoms with E-state index in [9.17, 15) is 13.2 Å². The molecule has 0 aromatic heterocycles. The second kappa shape index (κ2) is 7.09. The van der Waals surface area contributed by atoms with Crippen molar-refractivity contribution in [3.8, 4) is 0 Å². The van der Waals surface area contributed by atoms with Crippen LogP contribution in [0.1, 0.15) is 24.1 Å². The Labute approximate surface area is 130 Å². The summed E-state index contributed by atoms with van der Waals surface area (Å²) in [7, 11) is 0. The van der Waals surface area contributed by atoms with E-state index < -0.39 is 17.7 Å². The minimum Gasteiger partial charge on any atom is -0.310 e. The third-order valence-corrected chi connectivity index (χ3v) is 4.15. The van der Waals surface area contributed by atoms with Gasteiger partial charge in [-0.1, -0.05) is 31.2 Å². The van der Waals surface area contributed by atoms with Crippen molar-refractivity contribution in [2.45, 2.75) is 19.4 Å². The summed E-state index contributed by atoms with van der Waals surface area (Å²) in [6.45, 7) is 2.47. The van der Waals surface area contributed by atoms with Crippen molar-refractivity contribution in [1.29, 1.82) is 0 Å². The lowest BCUT2D eigenvalue weighted by Gasteiger charge is -2.20. The molecule has 2 rings (SSSR count). The van der Waals surface area contributed by atoms with Gasteiger partial charge in [-0.3, -0.25) is 0 Å². The number of hydrogen-bond donors (Lipinski definition) is 1. The highest BCUT2D eigenvalue weighted by Crippen LogP contribution is 2.27. The Balaban J connectivity index is 2.35. The molecule has 0 spiro atoms. The fourth-order valence-corrected chi connectivity index (χ4v) is 2.68. The van der Waals surface area contributed by atoms with Gasteiger partial charge < -0.3 is 5.32 Å². The van der Waals surface area contributed by atoms with Gasteiger partial charge in [0.1, 0.15) is 5.82 Å². The van der Waals surface area contributed by atoms with E-state index in [1.807, 2.05) is 6.92 Å². The molecule has 0 aliphatic heterocycles. The molecule has 5 heteroatoms. The molecule has 0 aliphatic carbocycles. The van der Waals surface area contributed by atoms with Gasteiger partial charge in [-0.05, 0) is 46.6 Å². The molecule has 0 bridgehead atoms.